The topological polar surface area (TPSA) is 127 Å². The summed E-state index contributed by atoms with van der Waals surface area (Å²) in [7, 11) is 0. The average Bonchev–Trinajstić information content (AvgIpc) is 3.03. The molecular weight excluding hydrogens is 378 g/mol. The smallest absolute Gasteiger partial charge is 0.269 e. The Morgan fingerprint density at radius 3 is 2.41 bits per heavy atom. The molecule has 1 atom stereocenters. The first-order chi connectivity index (χ1) is 13.8. The van der Waals surface area contributed by atoms with Gasteiger partial charge in [-0.25, -0.2) is 0 Å². The highest BCUT2D eigenvalue weighted by Crippen LogP contribution is 2.29. The van der Waals surface area contributed by atoms with E-state index in [0.717, 1.165) is 0 Å². The Bertz CT molecular complexity index is 1080. The minimum Gasteiger partial charge on any atom is -0.322 e. The van der Waals surface area contributed by atoms with Crippen LogP contribution in [0.1, 0.15) is 44.7 Å². The van der Waals surface area contributed by atoms with Gasteiger partial charge >= 0.3 is 0 Å². The van der Waals surface area contributed by atoms with E-state index in [1.165, 1.54) is 35.2 Å². The maximum absolute atomic E-state index is 12.7. The van der Waals surface area contributed by atoms with Crippen LogP contribution in [0.2, 0.25) is 0 Å². The second kappa shape index (κ2) is 6.93. The van der Waals surface area contributed by atoms with Crippen LogP contribution in [0.3, 0.4) is 0 Å². The number of fused-ring (bicyclic) bond motifs is 1. The molecule has 146 valence electrons. The summed E-state index contributed by atoms with van der Waals surface area (Å²) in [4.78, 5) is 60.4. The van der Waals surface area contributed by atoms with Gasteiger partial charge in [-0.15, -0.1) is 0 Å². The molecule has 4 rings (SSSR count). The minimum atomic E-state index is -0.721. The summed E-state index contributed by atoms with van der Waals surface area (Å²) in [5, 5.41) is 13.0. The number of hydrogen-bond acceptors (Lipinski definition) is 6. The summed E-state index contributed by atoms with van der Waals surface area (Å²) < 4.78 is 0. The number of carbonyl (C=O) groups excluding carboxylic acids is 4. The Morgan fingerprint density at radius 2 is 1.76 bits per heavy atom. The Balaban J connectivity index is 1.57. The molecule has 9 nitrogen and oxygen atoms in total. The number of imide groups is 1. The van der Waals surface area contributed by atoms with Gasteiger partial charge in [0.25, 0.3) is 11.6 Å². The van der Waals surface area contributed by atoms with Crippen LogP contribution in [-0.2, 0) is 16.1 Å². The lowest BCUT2D eigenvalue weighted by Gasteiger charge is -2.29. The van der Waals surface area contributed by atoms with Crippen LogP contribution in [0.5, 0.6) is 0 Å². The lowest BCUT2D eigenvalue weighted by Crippen LogP contribution is -2.52. The zero-order valence-corrected chi connectivity index (χ0v) is 15.1. The maximum atomic E-state index is 12.7. The Hall–Kier alpha value is -3.88. The van der Waals surface area contributed by atoms with Crippen molar-refractivity contribution in [1.29, 1.82) is 0 Å². The summed E-state index contributed by atoms with van der Waals surface area (Å²) in [5.74, 6) is -1.49. The zero-order valence-electron chi connectivity index (χ0n) is 15.1. The number of nitrogens with one attached hydrogen (secondary N) is 1. The van der Waals surface area contributed by atoms with Gasteiger partial charge in [0, 0.05) is 41.8 Å². The number of non-ortho nitro benzene ring substituents is 1. The van der Waals surface area contributed by atoms with Gasteiger partial charge in [0.15, 0.2) is 5.78 Å². The summed E-state index contributed by atoms with van der Waals surface area (Å²) in [5.41, 5.74) is 1.56. The molecule has 3 amide bonds. The second-order valence-electron chi connectivity index (χ2n) is 6.90. The molecule has 2 aliphatic rings. The molecule has 0 aliphatic carbocycles. The molecule has 0 bridgehead atoms. The molecule has 0 aromatic heterocycles. The van der Waals surface area contributed by atoms with Gasteiger partial charge in [0.05, 0.1) is 4.92 Å². The largest absolute Gasteiger partial charge is 0.322 e. The summed E-state index contributed by atoms with van der Waals surface area (Å²) in [6.45, 7) is 0.168. The number of amides is 3. The van der Waals surface area contributed by atoms with Crippen molar-refractivity contribution in [3.8, 4) is 0 Å². The van der Waals surface area contributed by atoms with E-state index in [1.807, 2.05) is 0 Å². The van der Waals surface area contributed by atoms with E-state index < -0.39 is 16.9 Å². The van der Waals surface area contributed by atoms with Crippen LogP contribution >= 0.6 is 0 Å². The van der Waals surface area contributed by atoms with E-state index in [9.17, 15) is 29.3 Å². The van der Waals surface area contributed by atoms with Gasteiger partial charge in [-0.2, -0.15) is 0 Å². The number of nitro benzene ring substituents is 1. The van der Waals surface area contributed by atoms with Crippen LogP contribution < -0.4 is 5.32 Å². The highest BCUT2D eigenvalue weighted by molar-refractivity contribution is 6.10. The molecule has 0 radical (unpaired) electrons. The summed E-state index contributed by atoms with van der Waals surface area (Å²) in [6, 6.07) is 9.23. The van der Waals surface area contributed by atoms with Crippen LogP contribution in [0.25, 0.3) is 0 Å². The standard InChI is InChI=1S/C20H15N3O6/c24-17-8-7-16(19(26)21-17)22-10-13-9-12(3-6-15(13)20(22)27)18(25)11-1-4-14(5-2-11)23(28)29/h1-6,9,16H,7-8,10H2,(H,21,24,26). The maximum Gasteiger partial charge on any atom is 0.269 e. The normalized spacial score (nSPS) is 18.4. The van der Waals surface area contributed by atoms with Gasteiger partial charge in [0.2, 0.25) is 11.8 Å². The van der Waals surface area contributed by atoms with E-state index in [2.05, 4.69) is 5.32 Å². The van der Waals surface area contributed by atoms with Crippen molar-refractivity contribution in [3.05, 3.63) is 74.8 Å². The number of ketones is 1. The van der Waals surface area contributed by atoms with Crippen LogP contribution in [0.4, 0.5) is 5.69 Å². The highest BCUT2D eigenvalue weighted by Gasteiger charge is 2.39. The number of carbonyl (C=O) groups is 4. The Kier molecular flexibility index (Phi) is 4.42. The molecule has 2 heterocycles. The number of hydrogen-bond donors (Lipinski definition) is 1. The molecule has 0 spiro atoms. The molecule has 1 unspecified atom stereocenters. The zero-order chi connectivity index (χ0) is 20.7. The fourth-order valence-corrected chi connectivity index (χ4v) is 3.62. The first-order valence-corrected chi connectivity index (χ1v) is 8.92. The van der Waals surface area contributed by atoms with Gasteiger partial charge in [-0.3, -0.25) is 34.6 Å². The molecule has 2 aromatic rings. The fourth-order valence-electron chi connectivity index (χ4n) is 3.62. The number of rotatable bonds is 4. The van der Waals surface area contributed by atoms with Crippen LogP contribution in [0, 0.1) is 10.1 Å². The van der Waals surface area contributed by atoms with Crippen molar-refractivity contribution < 1.29 is 24.1 Å². The lowest BCUT2D eigenvalue weighted by molar-refractivity contribution is -0.384. The molecule has 29 heavy (non-hydrogen) atoms. The summed E-state index contributed by atoms with van der Waals surface area (Å²) >= 11 is 0. The van der Waals surface area contributed by atoms with Crippen molar-refractivity contribution in [2.75, 3.05) is 0 Å². The number of benzene rings is 2. The average molecular weight is 393 g/mol. The van der Waals surface area contributed by atoms with Gasteiger partial charge in [0.1, 0.15) is 6.04 Å². The van der Waals surface area contributed by atoms with Crippen molar-refractivity contribution in [2.45, 2.75) is 25.4 Å². The second-order valence-corrected chi connectivity index (χ2v) is 6.90. The molecule has 0 saturated carbocycles. The minimum absolute atomic E-state index is 0.110. The fraction of sp³-hybridized carbons (Fsp3) is 0.200. The van der Waals surface area contributed by atoms with E-state index in [0.29, 0.717) is 22.3 Å². The van der Waals surface area contributed by atoms with Crippen molar-refractivity contribution >= 4 is 29.2 Å². The Morgan fingerprint density at radius 1 is 1.07 bits per heavy atom. The molecule has 1 saturated heterocycles. The summed E-state index contributed by atoms with van der Waals surface area (Å²) in [6.07, 6.45) is 0.430. The Labute approximate surface area is 164 Å². The first kappa shape index (κ1) is 18.5. The number of nitro groups is 1. The van der Waals surface area contributed by atoms with Crippen molar-refractivity contribution in [1.82, 2.24) is 10.2 Å². The van der Waals surface area contributed by atoms with E-state index in [4.69, 9.17) is 0 Å². The molecule has 1 fully saturated rings. The van der Waals surface area contributed by atoms with E-state index in [-0.39, 0.29) is 42.7 Å². The van der Waals surface area contributed by atoms with Gasteiger partial charge in [-0.05, 0) is 36.2 Å². The van der Waals surface area contributed by atoms with Crippen LogP contribution in [-0.4, -0.2) is 39.4 Å². The predicted molar refractivity (Wildman–Crippen MR) is 99.0 cm³/mol. The third kappa shape index (κ3) is 3.27. The molecule has 2 aliphatic heterocycles. The molecule has 2 aromatic carbocycles. The van der Waals surface area contributed by atoms with Crippen molar-refractivity contribution in [3.63, 3.8) is 0 Å². The monoisotopic (exact) mass is 393 g/mol. The van der Waals surface area contributed by atoms with Crippen LogP contribution in [0.15, 0.2) is 42.5 Å². The predicted octanol–water partition coefficient (Wildman–Crippen LogP) is 1.59. The van der Waals surface area contributed by atoms with E-state index >= 15 is 0 Å². The molecule has 1 N–H and O–H groups in total. The van der Waals surface area contributed by atoms with E-state index in [1.54, 1.807) is 12.1 Å². The third-order valence-corrected chi connectivity index (χ3v) is 5.13. The quantitative estimate of drug-likeness (QED) is 0.364. The number of piperidine rings is 1. The lowest BCUT2D eigenvalue weighted by atomic mass is 9.99. The van der Waals surface area contributed by atoms with Crippen molar-refractivity contribution in [2.24, 2.45) is 0 Å². The molecular formula is C20H15N3O6. The SMILES string of the molecule is O=C1CCC(N2Cc3cc(C(=O)c4ccc([N+](=O)[O-])cc4)ccc3C2=O)C(=O)N1. The van der Waals surface area contributed by atoms with Gasteiger partial charge < -0.3 is 4.90 Å². The molecule has 9 heteroatoms. The number of nitrogens with zero attached hydrogens (tertiary/aromatic N) is 2. The first-order valence-electron chi connectivity index (χ1n) is 8.92. The third-order valence-electron chi connectivity index (χ3n) is 5.13. The highest BCUT2D eigenvalue weighted by atomic mass is 16.6. The van der Waals surface area contributed by atoms with Gasteiger partial charge in [-0.1, -0.05) is 6.07 Å².